The maximum atomic E-state index is 12.3. The van der Waals surface area contributed by atoms with E-state index in [0.29, 0.717) is 17.7 Å². The van der Waals surface area contributed by atoms with Gasteiger partial charge < -0.3 is 19.3 Å². The third kappa shape index (κ3) is 3.11. The average molecular weight is 436 g/mol. The van der Waals surface area contributed by atoms with E-state index in [4.69, 9.17) is 19.3 Å². The van der Waals surface area contributed by atoms with Crippen LogP contribution in [0.15, 0.2) is 59.0 Å². The van der Waals surface area contributed by atoms with E-state index in [9.17, 15) is 9.90 Å². The zero-order chi connectivity index (χ0) is 21.5. The molecule has 0 saturated heterocycles. The molecule has 0 saturated carbocycles. The van der Waals surface area contributed by atoms with Gasteiger partial charge in [-0.05, 0) is 29.6 Å². The predicted molar refractivity (Wildman–Crippen MR) is 116 cm³/mol. The molecule has 7 nitrogen and oxygen atoms in total. The second-order valence-electron chi connectivity index (χ2n) is 7.20. The van der Waals surface area contributed by atoms with Gasteiger partial charge in [-0.2, -0.15) is 5.10 Å². The lowest BCUT2D eigenvalue weighted by molar-refractivity contribution is -0.0199. The van der Waals surface area contributed by atoms with Crippen LogP contribution in [-0.2, 0) is 0 Å². The molecule has 0 radical (unpaired) electrons. The van der Waals surface area contributed by atoms with Crippen LogP contribution in [0.4, 0.5) is 0 Å². The number of carboxylic acids is 1. The lowest BCUT2D eigenvalue weighted by atomic mass is 9.96. The molecule has 8 heteroatoms. The van der Waals surface area contributed by atoms with Gasteiger partial charge in [-0.1, -0.05) is 24.3 Å². The first-order chi connectivity index (χ1) is 15.1. The smallest absolute Gasteiger partial charge is 0.340 e. The van der Waals surface area contributed by atoms with Gasteiger partial charge in [0, 0.05) is 17.5 Å². The highest BCUT2D eigenvalue weighted by atomic mass is 32.1. The second-order valence-corrected chi connectivity index (χ2v) is 8.15. The SMILES string of the molecule is COc1ccc([C@H]2Oc3ccccc3[C@@H]3CC(c4cccs4)=NN23)c(C(=O)O)c1OC. The van der Waals surface area contributed by atoms with Crippen LogP contribution in [0.1, 0.15) is 45.1 Å². The monoisotopic (exact) mass is 436 g/mol. The predicted octanol–water partition coefficient (Wildman–Crippen LogP) is 4.71. The zero-order valence-corrected chi connectivity index (χ0v) is 17.8. The van der Waals surface area contributed by atoms with Gasteiger partial charge >= 0.3 is 5.97 Å². The van der Waals surface area contributed by atoms with E-state index in [0.717, 1.165) is 21.9 Å². The van der Waals surface area contributed by atoms with Crippen molar-refractivity contribution in [3.63, 3.8) is 0 Å². The Labute approximate surface area is 183 Å². The average Bonchev–Trinajstić information content (AvgIpc) is 3.47. The first kappa shape index (κ1) is 19.4. The van der Waals surface area contributed by atoms with Crippen LogP contribution >= 0.6 is 11.3 Å². The molecule has 2 atom stereocenters. The highest BCUT2D eigenvalue weighted by Gasteiger charge is 2.43. The third-order valence-electron chi connectivity index (χ3n) is 5.56. The van der Waals surface area contributed by atoms with Gasteiger partial charge in [-0.15, -0.1) is 11.3 Å². The molecule has 0 spiro atoms. The highest BCUT2D eigenvalue weighted by Crippen LogP contribution is 2.49. The molecule has 158 valence electrons. The number of carbonyl (C=O) groups is 1. The summed E-state index contributed by atoms with van der Waals surface area (Å²) in [4.78, 5) is 13.4. The zero-order valence-electron chi connectivity index (χ0n) is 16.9. The molecule has 2 aliphatic rings. The quantitative estimate of drug-likeness (QED) is 0.624. The molecular formula is C23H20N2O5S. The summed E-state index contributed by atoms with van der Waals surface area (Å²) in [6.07, 6.45) is -0.00384. The Morgan fingerprint density at radius 3 is 2.68 bits per heavy atom. The highest BCUT2D eigenvalue weighted by molar-refractivity contribution is 7.12. The molecule has 0 unspecified atom stereocenters. The molecule has 2 aliphatic heterocycles. The van der Waals surface area contributed by atoms with E-state index in [-0.39, 0.29) is 17.4 Å². The Kier molecular flexibility index (Phi) is 4.78. The van der Waals surface area contributed by atoms with Crippen molar-refractivity contribution < 1.29 is 24.1 Å². The summed E-state index contributed by atoms with van der Waals surface area (Å²) in [6, 6.07) is 15.2. The Morgan fingerprint density at radius 1 is 1.13 bits per heavy atom. The molecule has 5 rings (SSSR count). The molecule has 0 fully saturated rings. The van der Waals surface area contributed by atoms with Crippen LogP contribution in [0.5, 0.6) is 17.2 Å². The van der Waals surface area contributed by atoms with E-state index in [1.165, 1.54) is 14.2 Å². The maximum Gasteiger partial charge on any atom is 0.340 e. The minimum atomic E-state index is -1.12. The fourth-order valence-corrected chi connectivity index (χ4v) is 4.92. The van der Waals surface area contributed by atoms with E-state index < -0.39 is 12.2 Å². The van der Waals surface area contributed by atoms with Crippen molar-refractivity contribution >= 4 is 23.0 Å². The number of aromatic carboxylic acids is 1. The van der Waals surface area contributed by atoms with E-state index in [1.807, 2.05) is 46.8 Å². The summed E-state index contributed by atoms with van der Waals surface area (Å²) in [5.74, 6) is 0.114. The Bertz CT molecular complexity index is 1170. The van der Waals surface area contributed by atoms with Gasteiger partial charge in [0.05, 0.1) is 30.9 Å². The number of benzene rings is 2. The molecule has 0 amide bonds. The standard InChI is InChI=1S/C23H20N2O5S/c1-28-18-10-9-14(20(23(26)27)21(18)29-2)22-25-16(13-6-3-4-7-17(13)30-22)12-15(24-25)19-8-5-11-31-19/h3-11,16,22H,12H2,1-2H3,(H,26,27)/t16-,22+/m0/s1. The first-order valence-corrected chi connectivity index (χ1v) is 10.6. The molecule has 1 aromatic heterocycles. The summed E-state index contributed by atoms with van der Waals surface area (Å²) in [5, 5.41) is 18.8. The number of hydrogen-bond acceptors (Lipinski definition) is 7. The van der Waals surface area contributed by atoms with E-state index >= 15 is 0 Å². The van der Waals surface area contributed by atoms with Crippen LogP contribution in [0, 0.1) is 0 Å². The van der Waals surface area contributed by atoms with Gasteiger partial charge in [0.2, 0.25) is 6.23 Å². The Morgan fingerprint density at radius 2 is 1.97 bits per heavy atom. The van der Waals surface area contributed by atoms with E-state index in [1.54, 1.807) is 23.5 Å². The molecule has 3 aromatic rings. The minimum Gasteiger partial charge on any atom is -0.493 e. The molecule has 0 aliphatic carbocycles. The van der Waals surface area contributed by atoms with Crippen LogP contribution in [0.25, 0.3) is 0 Å². The number of para-hydroxylation sites is 1. The van der Waals surface area contributed by atoms with Crippen molar-refractivity contribution in [2.75, 3.05) is 14.2 Å². The largest absolute Gasteiger partial charge is 0.493 e. The van der Waals surface area contributed by atoms with Crippen molar-refractivity contribution in [3.05, 3.63) is 75.5 Å². The normalized spacial score (nSPS) is 19.2. The number of carboxylic acid groups (broad SMARTS) is 1. The topological polar surface area (TPSA) is 80.6 Å². The van der Waals surface area contributed by atoms with Crippen molar-refractivity contribution in [3.8, 4) is 17.2 Å². The van der Waals surface area contributed by atoms with Crippen LogP contribution in [0.2, 0.25) is 0 Å². The number of thiophene rings is 1. The summed E-state index contributed by atoms with van der Waals surface area (Å²) < 4.78 is 17.0. The number of hydrogen-bond donors (Lipinski definition) is 1. The lowest BCUT2D eigenvalue weighted by Crippen LogP contribution is -2.34. The fourth-order valence-electron chi connectivity index (χ4n) is 4.20. The Hall–Kier alpha value is -3.52. The summed E-state index contributed by atoms with van der Waals surface area (Å²) in [7, 11) is 2.90. The second kappa shape index (κ2) is 7.63. The van der Waals surface area contributed by atoms with Gasteiger partial charge in [0.25, 0.3) is 0 Å². The molecule has 2 aromatic carbocycles. The van der Waals surface area contributed by atoms with Gasteiger partial charge in [0.15, 0.2) is 11.5 Å². The van der Waals surface area contributed by atoms with Crippen LogP contribution in [-0.4, -0.2) is 36.0 Å². The molecule has 1 N–H and O–H groups in total. The maximum absolute atomic E-state index is 12.3. The van der Waals surface area contributed by atoms with Crippen LogP contribution < -0.4 is 14.2 Å². The number of ether oxygens (including phenoxy) is 3. The molecule has 3 heterocycles. The lowest BCUT2D eigenvalue weighted by Gasteiger charge is -2.38. The molecule has 0 bridgehead atoms. The number of methoxy groups -OCH3 is 2. The number of hydrazone groups is 1. The summed E-state index contributed by atoms with van der Waals surface area (Å²) in [6.45, 7) is 0. The van der Waals surface area contributed by atoms with Crippen molar-refractivity contribution in [2.45, 2.75) is 18.7 Å². The van der Waals surface area contributed by atoms with Crippen molar-refractivity contribution in [2.24, 2.45) is 5.10 Å². The summed E-state index contributed by atoms with van der Waals surface area (Å²) >= 11 is 1.63. The number of rotatable bonds is 5. The van der Waals surface area contributed by atoms with Crippen molar-refractivity contribution in [1.82, 2.24) is 5.01 Å². The van der Waals surface area contributed by atoms with Gasteiger partial charge in [0.1, 0.15) is 11.3 Å². The van der Waals surface area contributed by atoms with E-state index in [2.05, 4.69) is 0 Å². The first-order valence-electron chi connectivity index (χ1n) is 9.75. The molecular weight excluding hydrogens is 416 g/mol. The Balaban J connectivity index is 1.68. The fraction of sp³-hybridized carbons (Fsp3) is 0.217. The number of fused-ring (bicyclic) bond motifs is 3. The van der Waals surface area contributed by atoms with Crippen LogP contribution in [0.3, 0.4) is 0 Å². The minimum absolute atomic E-state index is 0.00440. The van der Waals surface area contributed by atoms with Gasteiger partial charge in [-0.3, -0.25) is 0 Å². The summed E-state index contributed by atoms with van der Waals surface area (Å²) in [5.41, 5.74) is 2.46. The third-order valence-corrected chi connectivity index (χ3v) is 6.48. The molecule has 31 heavy (non-hydrogen) atoms. The van der Waals surface area contributed by atoms with Crippen molar-refractivity contribution in [1.29, 1.82) is 0 Å². The number of nitrogens with zero attached hydrogens (tertiary/aromatic N) is 2. The van der Waals surface area contributed by atoms with Gasteiger partial charge in [-0.25, -0.2) is 9.80 Å².